The van der Waals surface area contributed by atoms with E-state index >= 15 is 0 Å². The number of urea groups is 1. The van der Waals surface area contributed by atoms with Crippen LogP contribution < -0.4 is 16.0 Å². The minimum absolute atomic E-state index is 0.0878. The number of benzene rings is 1. The molecule has 4 heteroatoms. The van der Waals surface area contributed by atoms with Crippen molar-refractivity contribution in [2.45, 2.75) is 58.0 Å². The summed E-state index contributed by atoms with van der Waals surface area (Å²) in [4.78, 5) is 12.0. The third-order valence-electron chi connectivity index (χ3n) is 4.10. The summed E-state index contributed by atoms with van der Waals surface area (Å²) in [6, 6.07) is 8.57. The molecule has 1 aliphatic rings. The average molecular weight is 289 g/mol. The van der Waals surface area contributed by atoms with Gasteiger partial charge in [-0.1, -0.05) is 38.3 Å². The second-order valence-electron chi connectivity index (χ2n) is 5.84. The van der Waals surface area contributed by atoms with Gasteiger partial charge in [0.15, 0.2) is 0 Å². The van der Waals surface area contributed by atoms with Crippen LogP contribution in [0.25, 0.3) is 0 Å². The van der Waals surface area contributed by atoms with E-state index in [4.69, 9.17) is 0 Å². The van der Waals surface area contributed by atoms with Gasteiger partial charge in [-0.3, -0.25) is 0 Å². The molecule has 3 N–H and O–H groups in total. The van der Waals surface area contributed by atoms with Crippen molar-refractivity contribution in [1.29, 1.82) is 0 Å². The second-order valence-corrected chi connectivity index (χ2v) is 5.84. The van der Waals surface area contributed by atoms with E-state index in [1.165, 1.54) is 24.8 Å². The molecule has 1 aromatic carbocycles. The molecule has 0 spiro atoms. The highest BCUT2D eigenvalue weighted by atomic mass is 16.2. The molecule has 0 bridgehead atoms. The summed E-state index contributed by atoms with van der Waals surface area (Å²) in [7, 11) is 0. The Morgan fingerprint density at radius 3 is 2.76 bits per heavy atom. The Morgan fingerprint density at radius 2 is 2.05 bits per heavy atom. The van der Waals surface area contributed by atoms with Gasteiger partial charge in [-0.05, 0) is 44.0 Å². The van der Waals surface area contributed by atoms with E-state index in [-0.39, 0.29) is 12.1 Å². The number of carbonyl (C=O) groups excluding carboxylic acids is 1. The zero-order valence-electron chi connectivity index (χ0n) is 13.1. The molecular formula is C17H27N3O. The van der Waals surface area contributed by atoms with Crippen LogP contribution in [0.4, 0.5) is 10.5 Å². The van der Waals surface area contributed by atoms with Crippen molar-refractivity contribution < 1.29 is 4.79 Å². The molecule has 1 fully saturated rings. The molecule has 2 rings (SSSR count). The van der Waals surface area contributed by atoms with E-state index in [1.807, 2.05) is 18.2 Å². The van der Waals surface area contributed by atoms with Crippen LogP contribution in [0.1, 0.15) is 57.6 Å². The lowest BCUT2D eigenvalue weighted by molar-refractivity contribution is 0.244. The van der Waals surface area contributed by atoms with E-state index in [9.17, 15) is 4.79 Å². The van der Waals surface area contributed by atoms with E-state index in [0.717, 1.165) is 25.1 Å². The number of nitrogens with one attached hydrogen (secondary N) is 3. The van der Waals surface area contributed by atoms with Crippen molar-refractivity contribution in [2.75, 3.05) is 11.9 Å². The van der Waals surface area contributed by atoms with Crippen LogP contribution >= 0.6 is 0 Å². The molecule has 1 aliphatic carbocycles. The third-order valence-corrected chi connectivity index (χ3v) is 4.10. The molecule has 0 radical (unpaired) electrons. The summed E-state index contributed by atoms with van der Waals surface area (Å²) in [6.07, 6.45) is 5.95. The van der Waals surface area contributed by atoms with Crippen molar-refractivity contribution >= 4 is 11.7 Å². The number of anilines is 1. The predicted molar refractivity (Wildman–Crippen MR) is 87.6 cm³/mol. The summed E-state index contributed by atoms with van der Waals surface area (Å²) in [5, 5.41) is 9.40. The minimum Gasteiger partial charge on any atom is -0.335 e. The predicted octanol–water partition coefficient (Wildman–Crippen LogP) is 3.81. The molecule has 1 atom stereocenters. The number of hydrogen-bond donors (Lipinski definition) is 3. The van der Waals surface area contributed by atoms with Crippen molar-refractivity contribution in [3.63, 3.8) is 0 Å². The number of carbonyl (C=O) groups is 1. The van der Waals surface area contributed by atoms with Crippen molar-refractivity contribution in [2.24, 2.45) is 0 Å². The molecule has 2 amide bonds. The van der Waals surface area contributed by atoms with Gasteiger partial charge >= 0.3 is 6.03 Å². The van der Waals surface area contributed by atoms with E-state index in [0.29, 0.717) is 6.04 Å². The Kier molecular flexibility index (Phi) is 6.05. The highest BCUT2D eigenvalue weighted by molar-refractivity contribution is 5.89. The molecule has 0 saturated heterocycles. The summed E-state index contributed by atoms with van der Waals surface area (Å²) in [5.41, 5.74) is 2.04. The van der Waals surface area contributed by atoms with Crippen LogP contribution in [-0.2, 0) is 0 Å². The lowest BCUT2D eigenvalue weighted by Gasteiger charge is -2.23. The number of rotatable bonds is 5. The van der Waals surface area contributed by atoms with Gasteiger partial charge in [0.2, 0.25) is 0 Å². The van der Waals surface area contributed by atoms with Crippen LogP contribution in [0.5, 0.6) is 0 Å². The Bertz CT molecular complexity index is 455. The molecule has 21 heavy (non-hydrogen) atoms. The van der Waals surface area contributed by atoms with Gasteiger partial charge in [0.25, 0.3) is 0 Å². The van der Waals surface area contributed by atoms with Crippen LogP contribution in [0.15, 0.2) is 24.3 Å². The molecular weight excluding hydrogens is 262 g/mol. The standard InChI is InChI=1S/C17H27N3O/c1-3-18-13(2)14-8-7-11-16(12-14)20-17(21)19-15-9-5-4-6-10-15/h7-8,11-13,15,18H,3-6,9-10H2,1-2H3,(H2,19,20,21). The van der Waals surface area contributed by atoms with Crippen LogP contribution in [0, 0.1) is 0 Å². The van der Waals surface area contributed by atoms with Gasteiger partial charge in [0, 0.05) is 17.8 Å². The quantitative estimate of drug-likeness (QED) is 0.772. The third kappa shape index (κ3) is 5.05. The Balaban J connectivity index is 1.89. The maximum atomic E-state index is 12.0. The summed E-state index contributed by atoms with van der Waals surface area (Å²) in [6.45, 7) is 5.15. The van der Waals surface area contributed by atoms with Crippen LogP contribution in [-0.4, -0.2) is 18.6 Å². The molecule has 0 aromatic heterocycles. The van der Waals surface area contributed by atoms with Gasteiger partial charge in [-0.15, -0.1) is 0 Å². The fourth-order valence-corrected chi connectivity index (χ4v) is 2.91. The normalized spacial score (nSPS) is 17.2. The average Bonchev–Trinajstić information content (AvgIpc) is 2.48. The van der Waals surface area contributed by atoms with Crippen molar-refractivity contribution in [1.82, 2.24) is 10.6 Å². The molecule has 0 aliphatic heterocycles. The highest BCUT2D eigenvalue weighted by Crippen LogP contribution is 2.19. The molecule has 4 nitrogen and oxygen atoms in total. The SMILES string of the molecule is CCNC(C)c1cccc(NC(=O)NC2CCCCC2)c1. The first-order valence-electron chi connectivity index (χ1n) is 8.10. The zero-order chi connectivity index (χ0) is 15.1. The number of amides is 2. The summed E-state index contributed by atoms with van der Waals surface area (Å²) < 4.78 is 0. The van der Waals surface area contributed by atoms with Gasteiger partial charge < -0.3 is 16.0 Å². The Hall–Kier alpha value is -1.55. The monoisotopic (exact) mass is 289 g/mol. The minimum atomic E-state index is -0.0878. The number of hydrogen-bond acceptors (Lipinski definition) is 2. The van der Waals surface area contributed by atoms with E-state index < -0.39 is 0 Å². The maximum absolute atomic E-state index is 12.0. The molecule has 0 heterocycles. The first kappa shape index (κ1) is 15.8. The fourth-order valence-electron chi connectivity index (χ4n) is 2.91. The van der Waals surface area contributed by atoms with Crippen LogP contribution in [0.3, 0.4) is 0 Å². The van der Waals surface area contributed by atoms with Crippen molar-refractivity contribution in [3.05, 3.63) is 29.8 Å². The fraction of sp³-hybridized carbons (Fsp3) is 0.588. The smallest absolute Gasteiger partial charge is 0.319 e. The van der Waals surface area contributed by atoms with E-state index in [1.54, 1.807) is 0 Å². The van der Waals surface area contributed by atoms with Crippen LogP contribution in [0.2, 0.25) is 0 Å². The molecule has 1 saturated carbocycles. The van der Waals surface area contributed by atoms with Gasteiger partial charge in [-0.2, -0.15) is 0 Å². The van der Waals surface area contributed by atoms with E-state index in [2.05, 4.69) is 35.9 Å². The second kappa shape index (κ2) is 8.03. The molecule has 116 valence electrons. The summed E-state index contributed by atoms with van der Waals surface area (Å²) >= 11 is 0. The Morgan fingerprint density at radius 1 is 1.29 bits per heavy atom. The Labute approximate surface area is 127 Å². The lowest BCUT2D eigenvalue weighted by atomic mass is 9.96. The zero-order valence-corrected chi connectivity index (χ0v) is 13.1. The molecule has 1 aromatic rings. The van der Waals surface area contributed by atoms with Gasteiger partial charge in [-0.25, -0.2) is 4.79 Å². The van der Waals surface area contributed by atoms with Crippen molar-refractivity contribution in [3.8, 4) is 0 Å². The largest absolute Gasteiger partial charge is 0.335 e. The lowest BCUT2D eigenvalue weighted by Crippen LogP contribution is -2.39. The summed E-state index contributed by atoms with van der Waals surface area (Å²) in [5.74, 6) is 0. The topological polar surface area (TPSA) is 53.2 Å². The maximum Gasteiger partial charge on any atom is 0.319 e. The van der Waals surface area contributed by atoms with Gasteiger partial charge in [0.1, 0.15) is 0 Å². The first-order valence-corrected chi connectivity index (χ1v) is 8.10. The van der Waals surface area contributed by atoms with Gasteiger partial charge in [0.05, 0.1) is 0 Å². The highest BCUT2D eigenvalue weighted by Gasteiger charge is 2.15. The molecule has 1 unspecified atom stereocenters. The first-order chi connectivity index (χ1) is 10.2.